The van der Waals surface area contributed by atoms with E-state index in [-0.39, 0.29) is 6.04 Å². The van der Waals surface area contributed by atoms with Gasteiger partial charge in [0.2, 0.25) is 0 Å². The Hall–Kier alpha value is -1.17. The quantitative estimate of drug-likeness (QED) is 0.919. The molecule has 1 aromatic heterocycles. The average Bonchev–Trinajstić information content (AvgIpc) is 2.93. The first-order valence-corrected chi connectivity index (χ1v) is 8.54. The zero-order chi connectivity index (χ0) is 13.9. The van der Waals surface area contributed by atoms with E-state index in [0.717, 1.165) is 12.0 Å². The fourth-order valence-electron chi connectivity index (χ4n) is 1.82. The molecule has 0 saturated heterocycles. The van der Waals surface area contributed by atoms with Crippen molar-refractivity contribution in [3.8, 4) is 0 Å². The third-order valence-electron chi connectivity index (χ3n) is 2.98. The molecular formula is C14H17NO2S2. The summed E-state index contributed by atoms with van der Waals surface area (Å²) in [5.41, 5.74) is 2.22. The van der Waals surface area contributed by atoms with Crippen molar-refractivity contribution >= 4 is 21.4 Å². The van der Waals surface area contributed by atoms with Crippen molar-refractivity contribution in [2.45, 2.75) is 30.5 Å². The molecule has 3 nitrogen and oxygen atoms in total. The third-order valence-corrected chi connectivity index (χ3v) is 5.92. The SMILES string of the molecule is CCc1ccc([C@H](C)NS(=O)(=O)c2cccs2)cc1. The molecule has 1 N–H and O–H groups in total. The molecule has 0 unspecified atom stereocenters. The van der Waals surface area contributed by atoms with Crippen molar-refractivity contribution in [3.05, 3.63) is 52.9 Å². The molecule has 19 heavy (non-hydrogen) atoms. The largest absolute Gasteiger partial charge is 0.250 e. The maximum absolute atomic E-state index is 12.1. The summed E-state index contributed by atoms with van der Waals surface area (Å²) in [7, 11) is -3.41. The topological polar surface area (TPSA) is 46.2 Å². The zero-order valence-electron chi connectivity index (χ0n) is 11.0. The molecule has 0 aliphatic heterocycles. The van der Waals surface area contributed by atoms with Crippen molar-refractivity contribution in [2.75, 3.05) is 0 Å². The van der Waals surface area contributed by atoms with Crippen LogP contribution in [-0.2, 0) is 16.4 Å². The summed E-state index contributed by atoms with van der Waals surface area (Å²) in [6, 6.07) is 11.1. The smallest absolute Gasteiger partial charge is 0.206 e. The Kier molecular flexibility index (Phi) is 4.39. The Labute approximate surface area is 118 Å². The lowest BCUT2D eigenvalue weighted by molar-refractivity contribution is 0.569. The van der Waals surface area contributed by atoms with Gasteiger partial charge < -0.3 is 0 Å². The molecule has 0 aliphatic carbocycles. The van der Waals surface area contributed by atoms with E-state index in [1.165, 1.54) is 16.9 Å². The molecule has 0 spiro atoms. The molecule has 2 rings (SSSR count). The van der Waals surface area contributed by atoms with E-state index in [4.69, 9.17) is 0 Å². The Morgan fingerprint density at radius 1 is 1.21 bits per heavy atom. The third kappa shape index (κ3) is 3.43. The predicted molar refractivity (Wildman–Crippen MR) is 78.9 cm³/mol. The molecule has 0 amide bonds. The standard InChI is InChI=1S/C14H17NO2S2/c1-3-12-6-8-13(9-7-12)11(2)15-19(16,17)14-5-4-10-18-14/h4-11,15H,3H2,1-2H3/t11-/m0/s1. The predicted octanol–water partition coefficient (Wildman–Crippen LogP) is 3.35. The lowest BCUT2D eigenvalue weighted by Gasteiger charge is -2.14. The first kappa shape index (κ1) is 14.2. The number of benzene rings is 1. The van der Waals surface area contributed by atoms with Crippen molar-refractivity contribution in [2.24, 2.45) is 0 Å². The van der Waals surface area contributed by atoms with E-state index in [1.54, 1.807) is 17.5 Å². The molecule has 2 aromatic rings. The van der Waals surface area contributed by atoms with Gasteiger partial charge in [-0.25, -0.2) is 13.1 Å². The van der Waals surface area contributed by atoms with Gasteiger partial charge >= 0.3 is 0 Å². The van der Waals surface area contributed by atoms with Gasteiger partial charge in [-0.15, -0.1) is 11.3 Å². The maximum atomic E-state index is 12.1. The van der Waals surface area contributed by atoms with Gasteiger partial charge in [-0.1, -0.05) is 37.3 Å². The summed E-state index contributed by atoms with van der Waals surface area (Å²) in [4.78, 5) is 0. The lowest BCUT2D eigenvalue weighted by atomic mass is 10.1. The van der Waals surface area contributed by atoms with E-state index in [9.17, 15) is 8.42 Å². The number of thiophene rings is 1. The zero-order valence-corrected chi connectivity index (χ0v) is 12.6. The Morgan fingerprint density at radius 3 is 2.42 bits per heavy atom. The number of aryl methyl sites for hydroxylation is 1. The molecule has 0 aliphatic rings. The van der Waals surface area contributed by atoms with Crippen LogP contribution < -0.4 is 4.72 Å². The number of rotatable bonds is 5. The fraction of sp³-hybridized carbons (Fsp3) is 0.286. The monoisotopic (exact) mass is 295 g/mol. The van der Waals surface area contributed by atoms with Gasteiger partial charge in [-0.05, 0) is 35.9 Å². The van der Waals surface area contributed by atoms with Gasteiger partial charge in [0.25, 0.3) is 10.0 Å². The second-order valence-electron chi connectivity index (χ2n) is 4.37. The molecule has 5 heteroatoms. The van der Waals surface area contributed by atoms with Crippen LogP contribution in [0.5, 0.6) is 0 Å². The van der Waals surface area contributed by atoms with Crippen molar-refractivity contribution in [1.82, 2.24) is 4.72 Å². The summed E-state index contributed by atoms with van der Waals surface area (Å²) < 4.78 is 27.2. The van der Waals surface area contributed by atoms with Crippen LogP contribution in [-0.4, -0.2) is 8.42 Å². The minimum Gasteiger partial charge on any atom is -0.206 e. The summed E-state index contributed by atoms with van der Waals surface area (Å²) in [5, 5.41) is 1.76. The summed E-state index contributed by atoms with van der Waals surface area (Å²) in [6.45, 7) is 3.95. The van der Waals surface area contributed by atoms with Crippen LogP contribution in [0.2, 0.25) is 0 Å². The van der Waals surface area contributed by atoms with Gasteiger partial charge in [-0.3, -0.25) is 0 Å². The highest BCUT2D eigenvalue weighted by molar-refractivity contribution is 7.91. The van der Waals surface area contributed by atoms with Crippen LogP contribution in [0, 0.1) is 0 Å². The highest BCUT2D eigenvalue weighted by atomic mass is 32.2. The van der Waals surface area contributed by atoms with E-state index in [0.29, 0.717) is 4.21 Å². The van der Waals surface area contributed by atoms with E-state index >= 15 is 0 Å². The summed E-state index contributed by atoms with van der Waals surface area (Å²) in [5.74, 6) is 0. The van der Waals surface area contributed by atoms with E-state index in [1.807, 2.05) is 31.2 Å². The number of hydrogen-bond donors (Lipinski definition) is 1. The second kappa shape index (κ2) is 5.86. The Bertz CT molecular complexity index is 616. The summed E-state index contributed by atoms with van der Waals surface area (Å²) in [6.07, 6.45) is 0.982. The van der Waals surface area contributed by atoms with E-state index in [2.05, 4.69) is 11.6 Å². The molecule has 0 radical (unpaired) electrons. The molecule has 0 bridgehead atoms. The van der Waals surface area contributed by atoms with Gasteiger partial charge in [0, 0.05) is 6.04 Å². The second-order valence-corrected chi connectivity index (χ2v) is 7.26. The first-order chi connectivity index (χ1) is 9.03. The maximum Gasteiger partial charge on any atom is 0.250 e. The number of sulfonamides is 1. The van der Waals surface area contributed by atoms with Crippen molar-refractivity contribution in [1.29, 1.82) is 0 Å². The Morgan fingerprint density at radius 2 is 1.89 bits per heavy atom. The minimum atomic E-state index is -3.41. The first-order valence-electron chi connectivity index (χ1n) is 6.17. The van der Waals surface area contributed by atoms with Crippen molar-refractivity contribution in [3.63, 3.8) is 0 Å². The highest BCUT2D eigenvalue weighted by Gasteiger charge is 2.18. The minimum absolute atomic E-state index is 0.238. The molecular weight excluding hydrogens is 278 g/mol. The average molecular weight is 295 g/mol. The molecule has 1 heterocycles. The van der Waals surface area contributed by atoms with Crippen LogP contribution in [0.4, 0.5) is 0 Å². The normalized spacial score (nSPS) is 13.4. The fourth-order valence-corrected chi connectivity index (χ4v) is 4.06. The van der Waals surface area contributed by atoms with E-state index < -0.39 is 10.0 Å². The van der Waals surface area contributed by atoms with Crippen LogP contribution in [0.1, 0.15) is 31.0 Å². The van der Waals surface area contributed by atoms with Crippen molar-refractivity contribution < 1.29 is 8.42 Å². The molecule has 102 valence electrons. The van der Waals surface area contributed by atoms with Crippen LogP contribution in [0.15, 0.2) is 46.0 Å². The lowest BCUT2D eigenvalue weighted by Crippen LogP contribution is -2.26. The van der Waals surface area contributed by atoms with Gasteiger partial charge in [-0.2, -0.15) is 0 Å². The molecule has 0 fully saturated rings. The van der Waals surface area contributed by atoms with Crippen LogP contribution in [0.25, 0.3) is 0 Å². The number of hydrogen-bond acceptors (Lipinski definition) is 3. The molecule has 1 aromatic carbocycles. The number of nitrogens with one attached hydrogen (secondary N) is 1. The van der Waals surface area contributed by atoms with Gasteiger partial charge in [0.15, 0.2) is 0 Å². The Balaban J connectivity index is 2.14. The summed E-state index contributed by atoms with van der Waals surface area (Å²) >= 11 is 1.22. The van der Waals surface area contributed by atoms with Crippen LogP contribution in [0.3, 0.4) is 0 Å². The van der Waals surface area contributed by atoms with Crippen LogP contribution >= 0.6 is 11.3 Å². The molecule has 0 saturated carbocycles. The van der Waals surface area contributed by atoms with Gasteiger partial charge in [0.05, 0.1) is 0 Å². The molecule has 1 atom stereocenters. The van der Waals surface area contributed by atoms with Gasteiger partial charge in [0.1, 0.15) is 4.21 Å². The highest BCUT2D eigenvalue weighted by Crippen LogP contribution is 2.20.